The van der Waals surface area contributed by atoms with Crippen LogP contribution in [-0.2, 0) is 17.7 Å². The molecule has 0 bridgehead atoms. The first-order chi connectivity index (χ1) is 11.2. The van der Waals surface area contributed by atoms with E-state index in [2.05, 4.69) is 20.8 Å². The van der Waals surface area contributed by atoms with Crippen LogP contribution in [0.25, 0.3) is 0 Å². The lowest BCUT2D eigenvalue weighted by molar-refractivity contribution is -0.0265. The van der Waals surface area contributed by atoms with Crippen LogP contribution in [0, 0.1) is 0 Å². The molecular formula is C16H22N4O3. The Balaban J connectivity index is 1.47. The molecule has 3 N–H and O–H groups in total. The number of β-amino-alcohol motifs (C(OH)–C–C–N with tert-alkyl or cyclic N) is 1. The molecule has 0 amide bonds. The summed E-state index contributed by atoms with van der Waals surface area (Å²) in [6.07, 6.45) is 0.621. The van der Waals surface area contributed by atoms with Gasteiger partial charge in [-0.3, -0.25) is 0 Å². The Morgan fingerprint density at radius 2 is 2.17 bits per heavy atom. The number of hydrogen-bond donors (Lipinski definition) is 3. The average Bonchev–Trinajstić information content (AvgIpc) is 2.87. The van der Waals surface area contributed by atoms with Gasteiger partial charge in [-0.05, 0) is 5.56 Å². The largest absolute Gasteiger partial charge is 0.385 e. The summed E-state index contributed by atoms with van der Waals surface area (Å²) in [4.78, 5) is 4.36. The average molecular weight is 318 g/mol. The Morgan fingerprint density at radius 3 is 3.04 bits per heavy atom. The molecule has 7 heteroatoms. The molecule has 2 heterocycles. The van der Waals surface area contributed by atoms with Crippen molar-refractivity contribution in [3.8, 4) is 0 Å². The van der Waals surface area contributed by atoms with Gasteiger partial charge in [-0.15, -0.1) is 0 Å². The second-order valence-electron chi connectivity index (χ2n) is 5.82. The van der Waals surface area contributed by atoms with Gasteiger partial charge in [0.25, 0.3) is 0 Å². The third-order valence-corrected chi connectivity index (χ3v) is 3.69. The topological polar surface area (TPSA) is 92.4 Å². The number of nitrogens with zero attached hydrogens (tertiary/aromatic N) is 2. The smallest absolute Gasteiger partial charge is 0.231 e. The maximum absolute atomic E-state index is 10.4. The maximum Gasteiger partial charge on any atom is 0.231 e. The van der Waals surface area contributed by atoms with E-state index >= 15 is 0 Å². The predicted octanol–water partition coefficient (Wildman–Crippen LogP) is 0.101. The fourth-order valence-electron chi connectivity index (χ4n) is 2.50. The molecule has 1 aromatic heterocycles. The van der Waals surface area contributed by atoms with Gasteiger partial charge in [0, 0.05) is 19.6 Å². The van der Waals surface area contributed by atoms with Crippen molar-refractivity contribution in [3.63, 3.8) is 0 Å². The molecule has 1 saturated heterocycles. The van der Waals surface area contributed by atoms with Gasteiger partial charge in [0.15, 0.2) is 5.82 Å². The number of benzene rings is 1. The predicted molar refractivity (Wildman–Crippen MR) is 83.9 cm³/mol. The SMILES string of the molecule is O[C@]1(CNCc2noc(Cc3ccccc3)n2)CNCCOC1. The molecule has 124 valence electrons. The van der Waals surface area contributed by atoms with E-state index < -0.39 is 5.60 Å². The van der Waals surface area contributed by atoms with Crippen molar-refractivity contribution in [1.82, 2.24) is 20.8 Å². The molecule has 1 aromatic carbocycles. The summed E-state index contributed by atoms with van der Waals surface area (Å²) in [6, 6.07) is 9.99. The fraction of sp³-hybridized carbons (Fsp3) is 0.500. The van der Waals surface area contributed by atoms with Crippen LogP contribution in [-0.4, -0.2) is 53.7 Å². The van der Waals surface area contributed by atoms with E-state index in [0.29, 0.717) is 51.0 Å². The van der Waals surface area contributed by atoms with Crippen molar-refractivity contribution in [2.45, 2.75) is 18.6 Å². The molecule has 0 aliphatic carbocycles. The highest BCUT2D eigenvalue weighted by Gasteiger charge is 2.28. The van der Waals surface area contributed by atoms with Crippen molar-refractivity contribution in [2.75, 3.05) is 32.8 Å². The first kappa shape index (κ1) is 16.1. The second-order valence-corrected chi connectivity index (χ2v) is 5.82. The van der Waals surface area contributed by atoms with Gasteiger partial charge in [-0.2, -0.15) is 4.98 Å². The van der Waals surface area contributed by atoms with Crippen molar-refractivity contribution in [3.05, 3.63) is 47.6 Å². The molecule has 1 aliphatic heterocycles. The van der Waals surface area contributed by atoms with E-state index in [0.717, 1.165) is 12.1 Å². The third kappa shape index (κ3) is 4.84. The molecular weight excluding hydrogens is 296 g/mol. The first-order valence-corrected chi connectivity index (χ1v) is 7.80. The summed E-state index contributed by atoms with van der Waals surface area (Å²) in [5, 5.41) is 20.7. The zero-order valence-electron chi connectivity index (χ0n) is 13.0. The number of hydrogen-bond acceptors (Lipinski definition) is 7. The lowest BCUT2D eigenvalue weighted by Gasteiger charge is -2.25. The summed E-state index contributed by atoms with van der Waals surface area (Å²) in [7, 11) is 0. The Labute approximate surface area is 135 Å². The lowest BCUT2D eigenvalue weighted by atomic mass is 10.1. The van der Waals surface area contributed by atoms with Crippen LogP contribution in [0.1, 0.15) is 17.3 Å². The number of ether oxygens (including phenoxy) is 1. The Bertz CT molecular complexity index is 594. The Kier molecular flexibility index (Phi) is 5.35. The van der Waals surface area contributed by atoms with Crippen LogP contribution >= 0.6 is 0 Å². The van der Waals surface area contributed by atoms with Crippen LogP contribution in [0.4, 0.5) is 0 Å². The van der Waals surface area contributed by atoms with Crippen molar-refractivity contribution >= 4 is 0 Å². The maximum atomic E-state index is 10.4. The highest BCUT2D eigenvalue weighted by molar-refractivity contribution is 5.17. The normalized spacial score (nSPS) is 22.0. The van der Waals surface area contributed by atoms with Crippen LogP contribution in [0.5, 0.6) is 0 Å². The van der Waals surface area contributed by atoms with Crippen molar-refractivity contribution in [2.24, 2.45) is 0 Å². The van der Waals surface area contributed by atoms with Crippen LogP contribution in [0.3, 0.4) is 0 Å². The van der Waals surface area contributed by atoms with Gasteiger partial charge < -0.3 is 25.0 Å². The third-order valence-electron chi connectivity index (χ3n) is 3.69. The van der Waals surface area contributed by atoms with E-state index in [-0.39, 0.29) is 0 Å². The van der Waals surface area contributed by atoms with E-state index in [1.807, 2.05) is 30.3 Å². The summed E-state index contributed by atoms with van der Waals surface area (Å²) in [5.74, 6) is 1.17. The summed E-state index contributed by atoms with van der Waals surface area (Å²) in [5.41, 5.74) is 0.222. The van der Waals surface area contributed by atoms with Crippen LogP contribution in [0.15, 0.2) is 34.9 Å². The summed E-state index contributed by atoms with van der Waals surface area (Å²) in [6.45, 7) is 3.05. The standard InChI is InChI=1S/C16H22N4O3/c21-16(10-17-6-7-22-12-16)11-18-9-14-19-15(23-20-14)8-13-4-2-1-3-5-13/h1-5,17-18,21H,6-12H2/t16-/m0/s1. The number of nitrogens with one attached hydrogen (secondary N) is 2. The number of aromatic nitrogens is 2. The van der Waals surface area contributed by atoms with Crippen LogP contribution in [0.2, 0.25) is 0 Å². The van der Waals surface area contributed by atoms with E-state index in [1.165, 1.54) is 0 Å². The quantitative estimate of drug-likeness (QED) is 0.696. The molecule has 7 nitrogen and oxygen atoms in total. The minimum Gasteiger partial charge on any atom is -0.385 e. The molecule has 2 aromatic rings. The Hall–Kier alpha value is -1.80. The minimum absolute atomic E-state index is 0.318. The van der Waals surface area contributed by atoms with E-state index in [1.54, 1.807) is 0 Å². The monoisotopic (exact) mass is 318 g/mol. The second kappa shape index (κ2) is 7.65. The van der Waals surface area contributed by atoms with E-state index in [9.17, 15) is 5.11 Å². The van der Waals surface area contributed by atoms with Gasteiger partial charge in [-0.25, -0.2) is 0 Å². The molecule has 1 atom stereocenters. The van der Waals surface area contributed by atoms with E-state index in [4.69, 9.17) is 9.26 Å². The minimum atomic E-state index is -0.910. The van der Waals surface area contributed by atoms with Gasteiger partial charge in [0.05, 0.1) is 26.2 Å². The molecule has 0 saturated carbocycles. The molecule has 0 unspecified atom stereocenters. The lowest BCUT2D eigenvalue weighted by Crippen LogP contribution is -2.50. The zero-order chi connectivity index (χ0) is 16.0. The molecule has 23 heavy (non-hydrogen) atoms. The summed E-state index contributed by atoms with van der Waals surface area (Å²) >= 11 is 0. The summed E-state index contributed by atoms with van der Waals surface area (Å²) < 4.78 is 10.6. The van der Waals surface area contributed by atoms with Gasteiger partial charge in [0.1, 0.15) is 5.60 Å². The molecule has 1 fully saturated rings. The highest BCUT2D eigenvalue weighted by atomic mass is 16.5. The molecule has 3 rings (SSSR count). The van der Waals surface area contributed by atoms with Crippen molar-refractivity contribution < 1.29 is 14.4 Å². The van der Waals surface area contributed by atoms with Crippen LogP contribution < -0.4 is 10.6 Å². The molecule has 0 spiro atoms. The number of rotatable bonds is 6. The number of aliphatic hydroxyl groups is 1. The van der Waals surface area contributed by atoms with Gasteiger partial charge in [0.2, 0.25) is 5.89 Å². The highest BCUT2D eigenvalue weighted by Crippen LogP contribution is 2.08. The fourth-order valence-corrected chi connectivity index (χ4v) is 2.50. The van der Waals surface area contributed by atoms with Gasteiger partial charge >= 0.3 is 0 Å². The molecule has 0 radical (unpaired) electrons. The van der Waals surface area contributed by atoms with Gasteiger partial charge in [-0.1, -0.05) is 35.5 Å². The first-order valence-electron chi connectivity index (χ1n) is 7.80. The van der Waals surface area contributed by atoms with Crippen molar-refractivity contribution in [1.29, 1.82) is 0 Å². The molecule has 1 aliphatic rings. The Morgan fingerprint density at radius 1 is 1.30 bits per heavy atom. The zero-order valence-corrected chi connectivity index (χ0v) is 13.0.